The number of nitrogens with one attached hydrogen (secondary N) is 1. The summed E-state index contributed by atoms with van der Waals surface area (Å²) in [6.45, 7) is 1.57. The second-order valence-corrected chi connectivity index (χ2v) is 4.82. The Morgan fingerprint density at radius 1 is 1.44 bits per heavy atom. The van der Waals surface area contributed by atoms with E-state index in [2.05, 4.69) is 33.9 Å². The van der Waals surface area contributed by atoms with Crippen LogP contribution in [-0.2, 0) is 13.0 Å². The van der Waals surface area contributed by atoms with E-state index in [-0.39, 0.29) is 0 Å². The average molecular weight is 231 g/mol. The number of nitrogens with zero attached hydrogens (tertiary/aromatic N) is 1. The SMILES string of the molecule is NCc1nc(-c2ccc3c(c2)NCC3)cs1. The molecule has 0 atom stereocenters. The van der Waals surface area contributed by atoms with E-state index < -0.39 is 0 Å². The van der Waals surface area contributed by atoms with Crippen molar-refractivity contribution < 1.29 is 0 Å². The largest absolute Gasteiger partial charge is 0.384 e. The number of hydrogen-bond acceptors (Lipinski definition) is 4. The van der Waals surface area contributed by atoms with Crippen LogP contribution in [0, 0.1) is 0 Å². The van der Waals surface area contributed by atoms with Crippen LogP contribution in [0.25, 0.3) is 11.3 Å². The van der Waals surface area contributed by atoms with Crippen LogP contribution in [0.3, 0.4) is 0 Å². The van der Waals surface area contributed by atoms with Gasteiger partial charge in [-0.3, -0.25) is 0 Å². The van der Waals surface area contributed by atoms with E-state index in [0.29, 0.717) is 6.54 Å². The predicted molar refractivity (Wildman–Crippen MR) is 67.6 cm³/mol. The van der Waals surface area contributed by atoms with Gasteiger partial charge in [0, 0.05) is 29.7 Å². The van der Waals surface area contributed by atoms with Crippen LogP contribution in [0.4, 0.5) is 5.69 Å². The molecule has 0 amide bonds. The zero-order valence-electron chi connectivity index (χ0n) is 8.86. The lowest BCUT2D eigenvalue weighted by atomic mass is 10.1. The molecule has 4 heteroatoms. The number of rotatable bonds is 2. The molecule has 0 spiro atoms. The third-order valence-corrected chi connectivity index (χ3v) is 3.71. The summed E-state index contributed by atoms with van der Waals surface area (Å²) in [5.74, 6) is 0. The Kier molecular flexibility index (Phi) is 2.38. The number of thiazole rings is 1. The first-order chi connectivity index (χ1) is 7.86. The van der Waals surface area contributed by atoms with Crippen molar-refractivity contribution in [3.05, 3.63) is 34.2 Å². The van der Waals surface area contributed by atoms with Crippen molar-refractivity contribution in [2.45, 2.75) is 13.0 Å². The quantitative estimate of drug-likeness (QED) is 0.833. The Hall–Kier alpha value is -1.39. The van der Waals surface area contributed by atoms with Gasteiger partial charge in [0.15, 0.2) is 0 Å². The Morgan fingerprint density at radius 2 is 2.38 bits per heavy atom. The van der Waals surface area contributed by atoms with Gasteiger partial charge in [-0.25, -0.2) is 4.98 Å². The van der Waals surface area contributed by atoms with Crippen molar-refractivity contribution in [2.75, 3.05) is 11.9 Å². The smallest absolute Gasteiger partial charge is 0.107 e. The van der Waals surface area contributed by atoms with Gasteiger partial charge in [-0.2, -0.15) is 0 Å². The Balaban J connectivity index is 2.00. The first-order valence-corrected chi connectivity index (χ1v) is 6.26. The Labute approximate surface area is 98.3 Å². The van der Waals surface area contributed by atoms with Gasteiger partial charge < -0.3 is 11.1 Å². The van der Waals surface area contributed by atoms with Crippen molar-refractivity contribution in [3.63, 3.8) is 0 Å². The van der Waals surface area contributed by atoms with Crippen molar-refractivity contribution in [2.24, 2.45) is 5.73 Å². The van der Waals surface area contributed by atoms with Crippen molar-refractivity contribution in [3.8, 4) is 11.3 Å². The molecule has 3 N–H and O–H groups in total. The van der Waals surface area contributed by atoms with Crippen molar-refractivity contribution in [1.82, 2.24) is 4.98 Å². The summed E-state index contributed by atoms with van der Waals surface area (Å²) in [6, 6.07) is 6.50. The average Bonchev–Trinajstić information content (AvgIpc) is 2.96. The van der Waals surface area contributed by atoms with Gasteiger partial charge >= 0.3 is 0 Å². The van der Waals surface area contributed by atoms with E-state index in [1.54, 1.807) is 11.3 Å². The molecule has 82 valence electrons. The van der Waals surface area contributed by atoms with Gasteiger partial charge in [-0.1, -0.05) is 12.1 Å². The van der Waals surface area contributed by atoms with Crippen molar-refractivity contribution in [1.29, 1.82) is 0 Å². The number of benzene rings is 1. The second-order valence-electron chi connectivity index (χ2n) is 3.88. The first kappa shape index (κ1) is 9.81. The van der Waals surface area contributed by atoms with E-state index in [9.17, 15) is 0 Å². The molecule has 1 aromatic carbocycles. The molecular formula is C12H13N3S. The maximum absolute atomic E-state index is 5.57. The van der Waals surface area contributed by atoms with Crippen LogP contribution in [0.5, 0.6) is 0 Å². The Morgan fingerprint density at radius 3 is 3.19 bits per heavy atom. The third kappa shape index (κ3) is 1.60. The molecule has 3 rings (SSSR count). The minimum atomic E-state index is 0.522. The summed E-state index contributed by atoms with van der Waals surface area (Å²) >= 11 is 1.62. The highest BCUT2D eigenvalue weighted by Gasteiger charge is 2.11. The lowest BCUT2D eigenvalue weighted by Gasteiger charge is -2.02. The molecule has 1 aliphatic rings. The van der Waals surface area contributed by atoms with Gasteiger partial charge in [-0.05, 0) is 18.1 Å². The zero-order valence-corrected chi connectivity index (χ0v) is 9.68. The minimum absolute atomic E-state index is 0.522. The van der Waals surface area contributed by atoms with Crippen LogP contribution in [-0.4, -0.2) is 11.5 Å². The second kappa shape index (κ2) is 3.88. The highest BCUT2D eigenvalue weighted by atomic mass is 32.1. The summed E-state index contributed by atoms with van der Waals surface area (Å²) < 4.78 is 0. The normalized spacial score (nSPS) is 13.6. The molecule has 16 heavy (non-hydrogen) atoms. The van der Waals surface area contributed by atoms with Crippen LogP contribution in [0.15, 0.2) is 23.6 Å². The van der Waals surface area contributed by atoms with Gasteiger partial charge in [0.25, 0.3) is 0 Å². The molecule has 0 saturated carbocycles. The molecule has 0 unspecified atom stereocenters. The van der Waals surface area contributed by atoms with E-state index in [4.69, 9.17) is 5.73 Å². The molecule has 0 fully saturated rings. The summed E-state index contributed by atoms with van der Waals surface area (Å²) in [5.41, 5.74) is 10.4. The van der Waals surface area contributed by atoms with E-state index in [0.717, 1.165) is 23.7 Å². The fourth-order valence-electron chi connectivity index (χ4n) is 1.99. The number of nitrogens with two attached hydrogens (primary N) is 1. The van der Waals surface area contributed by atoms with E-state index in [1.807, 2.05) is 0 Å². The summed E-state index contributed by atoms with van der Waals surface area (Å²) in [7, 11) is 0. The van der Waals surface area contributed by atoms with E-state index >= 15 is 0 Å². The molecule has 2 heterocycles. The van der Waals surface area contributed by atoms with Crippen LogP contribution in [0.2, 0.25) is 0 Å². The monoisotopic (exact) mass is 231 g/mol. The fraction of sp³-hybridized carbons (Fsp3) is 0.250. The van der Waals surface area contributed by atoms with Gasteiger partial charge in [-0.15, -0.1) is 11.3 Å². The molecule has 0 aliphatic carbocycles. The topological polar surface area (TPSA) is 50.9 Å². The number of anilines is 1. The number of fused-ring (bicyclic) bond motifs is 1. The number of hydrogen-bond donors (Lipinski definition) is 2. The summed E-state index contributed by atoms with van der Waals surface area (Å²) in [5, 5.41) is 6.44. The van der Waals surface area contributed by atoms with Gasteiger partial charge in [0.05, 0.1) is 5.69 Å². The van der Waals surface area contributed by atoms with Crippen LogP contribution < -0.4 is 11.1 Å². The predicted octanol–water partition coefficient (Wildman–Crippen LogP) is 2.24. The molecule has 0 saturated heterocycles. The molecule has 1 aromatic heterocycles. The van der Waals surface area contributed by atoms with Crippen LogP contribution in [0.1, 0.15) is 10.6 Å². The lowest BCUT2D eigenvalue weighted by Crippen LogP contribution is -1.94. The molecule has 0 radical (unpaired) electrons. The summed E-state index contributed by atoms with van der Waals surface area (Å²) in [6.07, 6.45) is 1.13. The molecule has 1 aliphatic heterocycles. The highest BCUT2D eigenvalue weighted by Crippen LogP contribution is 2.29. The van der Waals surface area contributed by atoms with Gasteiger partial charge in [0.2, 0.25) is 0 Å². The minimum Gasteiger partial charge on any atom is -0.384 e. The zero-order chi connectivity index (χ0) is 11.0. The summed E-state index contributed by atoms with van der Waals surface area (Å²) in [4.78, 5) is 4.49. The number of aromatic nitrogens is 1. The lowest BCUT2D eigenvalue weighted by molar-refractivity contribution is 1.04. The molecule has 2 aromatic rings. The fourth-order valence-corrected chi connectivity index (χ4v) is 2.67. The Bertz CT molecular complexity index is 519. The molecular weight excluding hydrogens is 218 g/mol. The van der Waals surface area contributed by atoms with Crippen molar-refractivity contribution >= 4 is 17.0 Å². The maximum atomic E-state index is 5.57. The third-order valence-electron chi connectivity index (χ3n) is 2.84. The highest BCUT2D eigenvalue weighted by molar-refractivity contribution is 7.09. The molecule has 0 bridgehead atoms. The van der Waals surface area contributed by atoms with Gasteiger partial charge in [0.1, 0.15) is 5.01 Å². The van der Waals surface area contributed by atoms with Crippen LogP contribution >= 0.6 is 11.3 Å². The standard InChI is InChI=1S/C12H13N3S/c13-6-12-15-11(7-16-12)9-2-1-8-3-4-14-10(8)5-9/h1-2,5,7,14H,3-4,6,13H2. The maximum Gasteiger partial charge on any atom is 0.107 e. The van der Waals surface area contributed by atoms with E-state index in [1.165, 1.54) is 16.8 Å². The molecule has 3 nitrogen and oxygen atoms in total. The first-order valence-electron chi connectivity index (χ1n) is 5.38.